The van der Waals surface area contributed by atoms with Crippen molar-refractivity contribution in [2.24, 2.45) is 0 Å². The number of hydrogen-bond acceptors (Lipinski definition) is 2. The number of halogens is 2. The smallest absolute Gasteiger partial charge is 0.282 e. The van der Waals surface area contributed by atoms with Crippen molar-refractivity contribution >= 4 is 42.0 Å². The highest BCUT2D eigenvalue weighted by atomic mass is 79.9. The van der Waals surface area contributed by atoms with Gasteiger partial charge >= 0.3 is 0 Å². The van der Waals surface area contributed by atoms with E-state index in [-0.39, 0.29) is 3.74 Å². The molecular formula is C3H4Br2O3S. The van der Waals surface area contributed by atoms with Gasteiger partial charge in [-0.05, 0) is 6.08 Å². The molecule has 0 unspecified atom stereocenters. The molecule has 6 heteroatoms. The molecule has 0 saturated carbocycles. The third-order valence-electron chi connectivity index (χ3n) is 0.396. The number of rotatable bonds is 2. The van der Waals surface area contributed by atoms with E-state index in [1.165, 1.54) is 6.08 Å². The summed E-state index contributed by atoms with van der Waals surface area (Å²) in [6.07, 6.45) is 1.25. The molecular weight excluding hydrogens is 276 g/mol. The zero-order chi connectivity index (χ0) is 7.49. The summed E-state index contributed by atoms with van der Waals surface area (Å²) in [5.41, 5.74) is 0. The van der Waals surface area contributed by atoms with Gasteiger partial charge in [0, 0.05) is 0 Å². The van der Waals surface area contributed by atoms with Crippen molar-refractivity contribution in [3.8, 4) is 0 Å². The Bertz CT molecular complexity index is 193. The molecule has 0 aromatic rings. The van der Waals surface area contributed by atoms with Crippen molar-refractivity contribution in [2.45, 2.75) is 3.74 Å². The zero-order valence-corrected chi connectivity index (χ0v) is 8.15. The van der Waals surface area contributed by atoms with Crippen LogP contribution in [0, 0.1) is 0 Å². The molecule has 3 nitrogen and oxygen atoms in total. The highest BCUT2D eigenvalue weighted by Crippen LogP contribution is 2.09. The molecule has 0 spiro atoms. The largest absolute Gasteiger partial charge is 0.287 e. The highest BCUT2D eigenvalue weighted by Gasteiger charge is 1.96. The van der Waals surface area contributed by atoms with Crippen LogP contribution in [-0.2, 0) is 10.1 Å². The maximum atomic E-state index is 9.96. The quantitative estimate of drug-likeness (QED) is 0.616. The van der Waals surface area contributed by atoms with Crippen LogP contribution >= 0.6 is 31.9 Å². The van der Waals surface area contributed by atoms with Gasteiger partial charge in [0.1, 0.15) is 0 Å². The summed E-state index contributed by atoms with van der Waals surface area (Å²) in [5.74, 6) is 0. The van der Waals surface area contributed by atoms with Crippen LogP contribution in [0.4, 0.5) is 0 Å². The van der Waals surface area contributed by atoms with Crippen LogP contribution in [0.25, 0.3) is 0 Å². The lowest BCUT2D eigenvalue weighted by Crippen LogP contribution is -1.90. The molecule has 0 aliphatic rings. The summed E-state index contributed by atoms with van der Waals surface area (Å²) in [6.45, 7) is 0. The summed E-state index contributed by atoms with van der Waals surface area (Å²) in [7, 11) is -3.96. The molecule has 0 heterocycles. The average molecular weight is 280 g/mol. The van der Waals surface area contributed by atoms with Crippen LogP contribution in [0.5, 0.6) is 0 Å². The Morgan fingerprint density at radius 1 is 1.44 bits per heavy atom. The van der Waals surface area contributed by atoms with Crippen molar-refractivity contribution in [2.75, 3.05) is 0 Å². The molecule has 1 N–H and O–H groups in total. The molecule has 0 aromatic heterocycles. The van der Waals surface area contributed by atoms with Crippen molar-refractivity contribution in [1.29, 1.82) is 0 Å². The standard InChI is InChI=1S/C3H4Br2O3S/c4-3(5)1-2-9(6,7)8/h1-3H,(H,6,7,8). The zero-order valence-electron chi connectivity index (χ0n) is 4.16. The molecule has 0 amide bonds. The van der Waals surface area contributed by atoms with Gasteiger partial charge in [-0.2, -0.15) is 8.42 Å². The molecule has 0 aliphatic heterocycles. The second-order valence-electron chi connectivity index (χ2n) is 1.18. The Balaban J connectivity index is 4.03. The van der Waals surface area contributed by atoms with Gasteiger partial charge in [0.2, 0.25) is 0 Å². The molecule has 0 fully saturated rings. The first kappa shape index (κ1) is 9.61. The minimum atomic E-state index is -3.96. The molecule has 0 saturated heterocycles. The monoisotopic (exact) mass is 278 g/mol. The summed E-state index contributed by atoms with van der Waals surface area (Å²) in [4.78, 5) is 0. The van der Waals surface area contributed by atoms with E-state index in [2.05, 4.69) is 31.9 Å². The van der Waals surface area contributed by atoms with Crippen LogP contribution in [0.3, 0.4) is 0 Å². The summed E-state index contributed by atoms with van der Waals surface area (Å²) >= 11 is 5.96. The van der Waals surface area contributed by atoms with Gasteiger partial charge in [0.05, 0.1) is 9.14 Å². The normalized spacial score (nSPS) is 13.3. The number of hydrogen-bond donors (Lipinski definition) is 1. The maximum Gasteiger partial charge on any atom is 0.287 e. The molecule has 0 radical (unpaired) electrons. The summed E-state index contributed by atoms with van der Waals surface area (Å²) < 4.78 is 27.8. The predicted octanol–water partition coefficient (Wildman–Crippen LogP) is 1.50. The van der Waals surface area contributed by atoms with E-state index in [1.807, 2.05) is 0 Å². The molecule has 54 valence electrons. The van der Waals surface area contributed by atoms with Gasteiger partial charge in [-0.3, -0.25) is 4.55 Å². The van der Waals surface area contributed by atoms with Crippen LogP contribution in [-0.4, -0.2) is 16.7 Å². The van der Waals surface area contributed by atoms with Crippen molar-refractivity contribution < 1.29 is 13.0 Å². The van der Waals surface area contributed by atoms with Crippen molar-refractivity contribution in [3.63, 3.8) is 0 Å². The Morgan fingerprint density at radius 3 is 2.00 bits per heavy atom. The Kier molecular flexibility index (Phi) is 3.95. The molecule has 0 aromatic carbocycles. The van der Waals surface area contributed by atoms with Gasteiger partial charge in [-0.25, -0.2) is 0 Å². The lowest BCUT2D eigenvalue weighted by Gasteiger charge is -1.86. The fourth-order valence-corrected chi connectivity index (χ4v) is 1.22. The van der Waals surface area contributed by atoms with Crippen LogP contribution in [0.1, 0.15) is 0 Å². The van der Waals surface area contributed by atoms with E-state index in [4.69, 9.17) is 4.55 Å². The molecule has 0 aliphatic carbocycles. The second-order valence-corrected chi connectivity index (χ2v) is 5.68. The number of alkyl halides is 2. The van der Waals surface area contributed by atoms with E-state index in [9.17, 15) is 8.42 Å². The third kappa shape index (κ3) is 8.61. The van der Waals surface area contributed by atoms with Crippen LogP contribution in [0.2, 0.25) is 0 Å². The van der Waals surface area contributed by atoms with E-state index < -0.39 is 10.1 Å². The topological polar surface area (TPSA) is 54.4 Å². The maximum absolute atomic E-state index is 9.96. The highest BCUT2D eigenvalue weighted by molar-refractivity contribution is 9.24. The molecule has 0 bridgehead atoms. The van der Waals surface area contributed by atoms with E-state index in [0.717, 1.165) is 0 Å². The first-order chi connectivity index (χ1) is 3.92. The van der Waals surface area contributed by atoms with Crippen LogP contribution in [0.15, 0.2) is 11.5 Å². The lowest BCUT2D eigenvalue weighted by molar-refractivity contribution is 0.494. The summed E-state index contributed by atoms with van der Waals surface area (Å²) in [6, 6.07) is 0. The molecule has 0 atom stereocenters. The second kappa shape index (κ2) is 3.70. The minimum Gasteiger partial charge on any atom is -0.282 e. The summed E-state index contributed by atoms with van der Waals surface area (Å²) in [5, 5.41) is 0.696. The lowest BCUT2D eigenvalue weighted by atomic mass is 10.8. The van der Waals surface area contributed by atoms with E-state index in [1.54, 1.807) is 0 Å². The molecule has 0 rings (SSSR count). The SMILES string of the molecule is O=S(=O)(O)C=CC(Br)Br. The van der Waals surface area contributed by atoms with Crippen LogP contribution < -0.4 is 0 Å². The van der Waals surface area contributed by atoms with Gasteiger partial charge in [0.15, 0.2) is 0 Å². The van der Waals surface area contributed by atoms with Gasteiger partial charge in [-0.1, -0.05) is 31.9 Å². The van der Waals surface area contributed by atoms with E-state index >= 15 is 0 Å². The molecule has 9 heavy (non-hydrogen) atoms. The number of allylic oxidation sites excluding steroid dienone is 1. The third-order valence-corrected chi connectivity index (χ3v) is 1.51. The van der Waals surface area contributed by atoms with Gasteiger partial charge in [0.25, 0.3) is 10.1 Å². The predicted molar refractivity (Wildman–Crippen MR) is 42.3 cm³/mol. The Labute approximate surface area is 70.1 Å². The Morgan fingerprint density at radius 2 is 1.89 bits per heavy atom. The van der Waals surface area contributed by atoms with Gasteiger partial charge < -0.3 is 0 Å². The van der Waals surface area contributed by atoms with Gasteiger partial charge in [-0.15, -0.1) is 0 Å². The first-order valence-electron chi connectivity index (χ1n) is 1.85. The van der Waals surface area contributed by atoms with E-state index in [0.29, 0.717) is 5.41 Å². The van der Waals surface area contributed by atoms with Crippen molar-refractivity contribution in [3.05, 3.63) is 11.5 Å². The fraction of sp³-hybridized carbons (Fsp3) is 0.333. The average Bonchev–Trinajstić information content (AvgIpc) is 1.59. The van der Waals surface area contributed by atoms with Crippen molar-refractivity contribution in [1.82, 2.24) is 0 Å². The Hall–Kier alpha value is 0.610. The minimum absolute atomic E-state index is 0.230. The fourth-order valence-electron chi connectivity index (χ4n) is 0.159. The first-order valence-corrected chi connectivity index (χ1v) is 5.19.